The van der Waals surface area contributed by atoms with E-state index in [4.69, 9.17) is 4.74 Å². The van der Waals surface area contributed by atoms with E-state index in [0.717, 1.165) is 35.8 Å². The fraction of sp³-hybridized carbons (Fsp3) is 0.278. The van der Waals surface area contributed by atoms with E-state index < -0.39 is 0 Å². The minimum Gasteiger partial charge on any atom is -0.493 e. The number of rotatable bonds is 3. The molecule has 1 aliphatic rings. The van der Waals surface area contributed by atoms with Crippen LogP contribution in [0.5, 0.6) is 5.75 Å². The van der Waals surface area contributed by atoms with Gasteiger partial charge < -0.3 is 15.4 Å². The van der Waals surface area contributed by atoms with Crippen molar-refractivity contribution >= 4 is 45.9 Å². The first-order valence-corrected chi connectivity index (χ1v) is 8.49. The predicted molar refractivity (Wildman–Crippen MR) is 112 cm³/mol. The maximum absolute atomic E-state index is 5.70. The summed E-state index contributed by atoms with van der Waals surface area (Å²) in [6, 6.07) is 16.7. The molecule has 1 heterocycles. The first-order chi connectivity index (χ1) is 11.3. The van der Waals surface area contributed by atoms with Gasteiger partial charge in [0.15, 0.2) is 5.96 Å². The molecule has 24 heavy (non-hydrogen) atoms. The van der Waals surface area contributed by atoms with E-state index in [1.165, 1.54) is 11.1 Å². The lowest BCUT2D eigenvalue weighted by Gasteiger charge is -2.28. The van der Waals surface area contributed by atoms with E-state index in [1.54, 1.807) is 7.05 Å². The van der Waals surface area contributed by atoms with Crippen molar-refractivity contribution in [1.82, 2.24) is 10.6 Å². The number of guanidine groups is 1. The van der Waals surface area contributed by atoms with Crippen molar-refractivity contribution in [2.24, 2.45) is 4.99 Å². The second-order valence-corrected chi connectivity index (χ2v) is 6.34. The van der Waals surface area contributed by atoms with E-state index in [-0.39, 0.29) is 30.0 Å². The summed E-state index contributed by atoms with van der Waals surface area (Å²) >= 11 is 3.45. The average molecular weight is 502 g/mol. The standard InChI is InChI=1S/C18H20BrN3O.HI/c1-20-18(21-12-13-6-8-14(19)9-7-13)22-16-10-11-23-17-5-3-2-4-15(16)17;/h2-9,16H,10-12H2,1H3,(H2,20,21,22);1H. The Hall–Kier alpha value is -1.28. The van der Waals surface area contributed by atoms with Crippen molar-refractivity contribution in [3.63, 3.8) is 0 Å². The number of benzene rings is 2. The molecule has 0 aliphatic carbocycles. The fourth-order valence-electron chi connectivity index (χ4n) is 2.64. The van der Waals surface area contributed by atoms with Crippen molar-refractivity contribution in [1.29, 1.82) is 0 Å². The van der Waals surface area contributed by atoms with Gasteiger partial charge in [0.2, 0.25) is 0 Å². The third-order valence-electron chi connectivity index (χ3n) is 3.87. The van der Waals surface area contributed by atoms with Crippen molar-refractivity contribution in [2.75, 3.05) is 13.7 Å². The smallest absolute Gasteiger partial charge is 0.191 e. The number of nitrogens with one attached hydrogen (secondary N) is 2. The lowest BCUT2D eigenvalue weighted by molar-refractivity contribution is 0.261. The zero-order valence-corrected chi connectivity index (χ0v) is 17.4. The van der Waals surface area contributed by atoms with E-state index in [0.29, 0.717) is 0 Å². The molecule has 1 atom stereocenters. The van der Waals surface area contributed by atoms with E-state index in [2.05, 4.69) is 49.8 Å². The normalized spacial score (nSPS) is 16.4. The Morgan fingerprint density at radius 1 is 1.21 bits per heavy atom. The van der Waals surface area contributed by atoms with Gasteiger partial charge in [-0.3, -0.25) is 4.99 Å². The van der Waals surface area contributed by atoms with Crippen molar-refractivity contribution in [2.45, 2.75) is 19.0 Å². The van der Waals surface area contributed by atoms with E-state index in [9.17, 15) is 0 Å². The Bertz CT molecular complexity index is 691. The lowest BCUT2D eigenvalue weighted by Crippen LogP contribution is -2.40. The monoisotopic (exact) mass is 501 g/mol. The quantitative estimate of drug-likeness (QED) is 0.375. The third-order valence-corrected chi connectivity index (χ3v) is 4.39. The first-order valence-electron chi connectivity index (χ1n) is 7.69. The zero-order valence-electron chi connectivity index (χ0n) is 13.5. The SMILES string of the molecule is CN=C(NCc1ccc(Br)cc1)NC1CCOc2ccccc21.I. The van der Waals surface area contributed by atoms with Gasteiger partial charge in [-0.15, -0.1) is 24.0 Å². The molecular weight excluding hydrogens is 481 g/mol. The molecule has 0 saturated carbocycles. The molecule has 2 aromatic carbocycles. The highest BCUT2D eigenvalue weighted by molar-refractivity contribution is 14.0. The highest BCUT2D eigenvalue weighted by atomic mass is 127. The summed E-state index contributed by atoms with van der Waals surface area (Å²) in [4.78, 5) is 4.33. The Labute approximate surface area is 168 Å². The Balaban J connectivity index is 0.00000208. The summed E-state index contributed by atoms with van der Waals surface area (Å²) in [6.07, 6.45) is 0.927. The Morgan fingerprint density at radius 2 is 1.96 bits per heavy atom. The summed E-state index contributed by atoms with van der Waals surface area (Å²) in [5, 5.41) is 6.86. The molecule has 128 valence electrons. The number of halogens is 2. The van der Waals surface area contributed by atoms with Crippen LogP contribution < -0.4 is 15.4 Å². The summed E-state index contributed by atoms with van der Waals surface area (Å²) in [7, 11) is 1.79. The number of ether oxygens (including phenoxy) is 1. The Morgan fingerprint density at radius 3 is 2.71 bits per heavy atom. The van der Waals surface area contributed by atoms with Gasteiger partial charge in [-0.25, -0.2) is 0 Å². The molecule has 1 unspecified atom stereocenters. The van der Waals surface area contributed by atoms with Gasteiger partial charge in [0, 0.05) is 30.0 Å². The molecule has 4 nitrogen and oxygen atoms in total. The number of fused-ring (bicyclic) bond motifs is 1. The average Bonchev–Trinajstić information content (AvgIpc) is 2.60. The summed E-state index contributed by atoms with van der Waals surface area (Å²) in [5.41, 5.74) is 2.40. The second kappa shape index (κ2) is 9.27. The van der Waals surface area contributed by atoms with Gasteiger partial charge in [-0.1, -0.05) is 46.3 Å². The maximum Gasteiger partial charge on any atom is 0.191 e. The molecule has 2 N–H and O–H groups in total. The number of aliphatic imine (C=N–C) groups is 1. The third kappa shape index (κ3) is 4.86. The van der Waals surface area contributed by atoms with Gasteiger partial charge >= 0.3 is 0 Å². The van der Waals surface area contributed by atoms with Crippen LogP contribution in [0.4, 0.5) is 0 Å². The largest absolute Gasteiger partial charge is 0.493 e. The van der Waals surface area contributed by atoms with Gasteiger partial charge in [0.25, 0.3) is 0 Å². The van der Waals surface area contributed by atoms with E-state index in [1.807, 2.05) is 30.3 Å². The summed E-state index contributed by atoms with van der Waals surface area (Å²) < 4.78 is 6.79. The molecule has 6 heteroatoms. The van der Waals surface area contributed by atoms with Crippen LogP contribution in [0.15, 0.2) is 58.0 Å². The summed E-state index contributed by atoms with van der Waals surface area (Å²) in [5.74, 6) is 1.76. The van der Waals surface area contributed by atoms with Crippen LogP contribution in [0.25, 0.3) is 0 Å². The first kappa shape index (κ1) is 19.1. The van der Waals surface area contributed by atoms with Crippen LogP contribution in [0.1, 0.15) is 23.6 Å². The van der Waals surface area contributed by atoms with Crippen LogP contribution in [-0.4, -0.2) is 19.6 Å². The number of para-hydroxylation sites is 1. The summed E-state index contributed by atoms with van der Waals surface area (Å²) in [6.45, 7) is 1.45. The molecule has 0 bridgehead atoms. The molecule has 0 spiro atoms. The van der Waals surface area contributed by atoms with Crippen LogP contribution in [-0.2, 0) is 6.54 Å². The predicted octanol–water partition coefficient (Wildman–Crippen LogP) is 4.26. The minimum atomic E-state index is 0. The van der Waals surface area contributed by atoms with E-state index >= 15 is 0 Å². The zero-order chi connectivity index (χ0) is 16.1. The fourth-order valence-corrected chi connectivity index (χ4v) is 2.90. The molecule has 1 aliphatic heterocycles. The van der Waals surface area contributed by atoms with Crippen molar-refractivity contribution in [3.05, 3.63) is 64.1 Å². The number of hydrogen-bond donors (Lipinski definition) is 2. The lowest BCUT2D eigenvalue weighted by atomic mass is 10.0. The molecule has 0 fully saturated rings. The molecule has 2 aromatic rings. The van der Waals surface area contributed by atoms with Crippen molar-refractivity contribution < 1.29 is 4.74 Å². The van der Waals surface area contributed by atoms with Gasteiger partial charge in [0.1, 0.15) is 5.75 Å². The maximum atomic E-state index is 5.70. The van der Waals surface area contributed by atoms with Crippen LogP contribution in [0, 0.1) is 0 Å². The highest BCUT2D eigenvalue weighted by Gasteiger charge is 2.21. The van der Waals surface area contributed by atoms with Crippen LogP contribution in [0.2, 0.25) is 0 Å². The molecule has 0 radical (unpaired) electrons. The van der Waals surface area contributed by atoms with Gasteiger partial charge in [-0.05, 0) is 23.8 Å². The second-order valence-electron chi connectivity index (χ2n) is 5.42. The van der Waals surface area contributed by atoms with Crippen LogP contribution >= 0.6 is 39.9 Å². The van der Waals surface area contributed by atoms with Gasteiger partial charge in [-0.2, -0.15) is 0 Å². The minimum absolute atomic E-state index is 0. The molecule has 0 amide bonds. The Kier molecular flexibility index (Phi) is 7.36. The molecule has 3 rings (SSSR count). The van der Waals surface area contributed by atoms with Crippen molar-refractivity contribution in [3.8, 4) is 5.75 Å². The van der Waals surface area contributed by atoms with Gasteiger partial charge in [0.05, 0.1) is 12.6 Å². The molecule has 0 saturated heterocycles. The topological polar surface area (TPSA) is 45.7 Å². The van der Waals surface area contributed by atoms with Crippen LogP contribution in [0.3, 0.4) is 0 Å². The number of hydrogen-bond acceptors (Lipinski definition) is 2. The molecule has 0 aromatic heterocycles. The number of nitrogens with zero attached hydrogens (tertiary/aromatic N) is 1. The molecular formula is C18H21BrIN3O. The highest BCUT2D eigenvalue weighted by Crippen LogP contribution is 2.31.